The molecule has 0 aliphatic rings. The van der Waals surface area contributed by atoms with Crippen LogP contribution in [0.1, 0.15) is 0 Å². The van der Waals surface area contributed by atoms with Crippen molar-refractivity contribution in [2.45, 2.75) is 0 Å². The van der Waals surface area contributed by atoms with E-state index in [4.69, 9.17) is 23.2 Å². The number of nitrogens with zero attached hydrogens (tertiary/aromatic N) is 2. The molecule has 0 bridgehead atoms. The molecule has 0 atom stereocenters. The van der Waals surface area contributed by atoms with Crippen molar-refractivity contribution in [1.82, 2.24) is 9.55 Å². The second kappa shape index (κ2) is 3.29. The van der Waals surface area contributed by atoms with Gasteiger partial charge in [-0.05, 0) is 28.7 Å². The first kappa shape index (κ1) is 9.55. The number of rotatable bonds is 0. The molecule has 0 aliphatic carbocycles. The van der Waals surface area contributed by atoms with Crippen LogP contribution in [0.2, 0.25) is 10.0 Å². The first-order valence-electron chi connectivity index (χ1n) is 3.56. The van der Waals surface area contributed by atoms with E-state index in [9.17, 15) is 0 Å². The van der Waals surface area contributed by atoms with E-state index in [0.29, 0.717) is 10.0 Å². The minimum atomic E-state index is 0.496. The van der Waals surface area contributed by atoms with Crippen molar-refractivity contribution in [2.75, 3.05) is 0 Å². The van der Waals surface area contributed by atoms with Crippen LogP contribution in [0.3, 0.4) is 0 Å². The minimum absolute atomic E-state index is 0.496. The van der Waals surface area contributed by atoms with E-state index >= 15 is 0 Å². The first-order chi connectivity index (χ1) is 6.11. The zero-order chi connectivity index (χ0) is 9.59. The van der Waals surface area contributed by atoms with Gasteiger partial charge in [0.2, 0.25) is 0 Å². The number of aromatic nitrogens is 2. The summed E-state index contributed by atoms with van der Waals surface area (Å²) in [6.45, 7) is 0. The molecule has 2 heterocycles. The lowest BCUT2D eigenvalue weighted by atomic mass is 10.3. The number of halogens is 3. The monoisotopic (exact) mass is 326 g/mol. The Balaban J connectivity index is 2.94. The Kier molecular flexibility index (Phi) is 2.42. The molecule has 0 unspecified atom stereocenters. The molecule has 0 N–H and O–H groups in total. The fourth-order valence-corrected chi connectivity index (χ4v) is 2.06. The van der Waals surface area contributed by atoms with Gasteiger partial charge in [0.15, 0.2) is 0 Å². The molecule has 2 rings (SSSR count). The number of hydrogen-bond acceptors (Lipinski definition) is 1. The Labute approximate surface area is 99.0 Å². The van der Waals surface area contributed by atoms with E-state index in [1.165, 1.54) is 0 Å². The van der Waals surface area contributed by atoms with Crippen LogP contribution in [-0.4, -0.2) is 9.55 Å². The molecule has 2 aromatic rings. The van der Waals surface area contributed by atoms with Gasteiger partial charge < -0.3 is 4.57 Å². The van der Waals surface area contributed by atoms with Crippen molar-refractivity contribution in [3.8, 4) is 0 Å². The molecule has 0 aliphatic heterocycles. The molecular formula is C8H5Cl2IN2. The van der Waals surface area contributed by atoms with Gasteiger partial charge in [-0.2, -0.15) is 0 Å². The highest BCUT2D eigenvalue weighted by atomic mass is 127. The van der Waals surface area contributed by atoms with Crippen molar-refractivity contribution in [2.24, 2.45) is 7.05 Å². The van der Waals surface area contributed by atoms with Crippen LogP contribution in [0.5, 0.6) is 0 Å². The van der Waals surface area contributed by atoms with Crippen molar-refractivity contribution in [3.05, 3.63) is 26.0 Å². The van der Waals surface area contributed by atoms with Crippen molar-refractivity contribution >= 4 is 56.8 Å². The molecule has 0 saturated carbocycles. The quantitative estimate of drug-likeness (QED) is 0.678. The van der Waals surface area contributed by atoms with Crippen LogP contribution in [0.25, 0.3) is 11.0 Å². The average molecular weight is 327 g/mol. The van der Waals surface area contributed by atoms with Crippen molar-refractivity contribution < 1.29 is 0 Å². The van der Waals surface area contributed by atoms with Crippen LogP contribution in [0.4, 0.5) is 0 Å². The maximum Gasteiger partial charge on any atom is 0.142 e. The summed E-state index contributed by atoms with van der Waals surface area (Å²) >= 11 is 14.1. The zero-order valence-electron chi connectivity index (χ0n) is 6.68. The van der Waals surface area contributed by atoms with Crippen LogP contribution in [0, 0.1) is 3.70 Å². The molecule has 0 fully saturated rings. The average Bonchev–Trinajstić information content (AvgIpc) is 2.38. The van der Waals surface area contributed by atoms with E-state index < -0.39 is 0 Å². The highest BCUT2D eigenvalue weighted by molar-refractivity contribution is 14.1. The van der Waals surface area contributed by atoms with Gasteiger partial charge in [-0.25, -0.2) is 4.98 Å². The highest BCUT2D eigenvalue weighted by Gasteiger charge is 2.10. The van der Waals surface area contributed by atoms with Crippen LogP contribution in [0.15, 0.2) is 12.3 Å². The van der Waals surface area contributed by atoms with Crippen molar-refractivity contribution in [3.63, 3.8) is 0 Å². The molecule has 2 aromatic heterocycles. The smallest absolute Gasteiger partial charge is 0.142 e. The summed E-state index contributed by atoms with van der Waals surface area (Å²) < 4.78 is 3.06. The first-order valence-corrected chi connectivity index (χ1v) is 5.39. The van der Waals surface area contributed by atoms with Gasteiger partial charge in [0.1, 0.15) is 5.65 Å². The Hall–Kier alpha value is -0.000000000000000111. The van der Waals surface area contributed by atoms with E-state index in [2.05, 4.69) is 27.6 Å². The molecule has 0 amide bonds. The number of fused-ring (bicyclic) bond motifs is 1. The lowest BCUT2D eigenvalue weighted by Crippen LogP contribution is -1.91. The predicted molar refractivity (Wildman–Crippen MR) is 63.5 cm³/mol. The van der Waals surface area contributed by atoms with Crippen LogP contribution >= 0.6 is 45.8 Å². The fraction of sp³-hybridized carbons (Fsp3) is 0.125. The number of aryl methyl sites for hydroxylation is 1. The van der Waals surface area contributed by atoms with Gasteiger partial charge in [-0.15, -0.1) is 0 Å². The third-order valence-electron chi connectivity index (χ3n) is 1.89. The standard InChI is InChI=1S/C8H5Cl2IN2/c1-13-6(11)2-4-7(10)5(9)3-12-8(4)13/h2-3H,1H3. The van der Waals surface area contributed by atoms with Crippen LogP contribution in [-0.2, 0) is 7.05 Å². The molecule has 0 spiro atoms. The maximum atomic E-state index is 6.02. The Bertz CT molecular complexity index is 478. The third kappa shape index (κ3) is 1.43. The van der Waals surface area contributed by atoms with Crippen LogP contribution < -0.4 is 0 Å². The predicted octanol–water partition coefficient (Wildman–Crippen LogP) is 3.48. The van der Waals surface area contributed by atoms with Gasteiger partial charge in [-0.3, -0.25) is 0 Å². The summed E-state index contributed by atoms with van der Waals surface area (Å²) in [4.78, 5) is 4.20. The SMILES string of the molecule is Cn1c(I)cc2c(Cl)c(Cl)cnc21. The van der Waals surface area contributed by atoms with Crippen molar-refractivity contribution in [1.29, 1.82) is 0 Å². The summed E-state index contributed by atoms with van der Waals surface area (Å²) in [5.74, 6) is 0. The highest BCUT2D eigenvalue weighted by Crippen LogP contribution is 2.30. The minimum Gasteiger partial charge on any atom is -0.324 e. The topological polar surface area (TPSA) is 17.8 Å². The summed E-state index contributed by atoms with van der Waals surface area (Å²) in [6, 6.07) is 1.97. The van der Waals surface area contributed by atoms with Gasteiger partial charge in [0.25, 0.3) is 0 Å². The third-order valence-corrected chi connectivity index (χ3v) is 3.71. The zero-order valence-corrected chi connectivity index (χ0v) is 10.4. The van der Waals surface area contributed by atoms with Gasteiger partial charge in [0, 0.05) is 18.6 Å². The van der Waals surface area contributed by atoms with Gasteiger partial charge in [-0.1, -0.05) is 23.2 Å². The second-order valence-electron chi connectivity index (χ2n) is 2.68. The summed E-state index contributed by atoms with van der Waals surface area (Å²) in [5, 5.41) is 1.97. The molecular weight excluding hydrogens is 322 g/mol. The number of pyridine rings is 1. The van der Waals surface area contributed by atoms with E-state index in [-0.39, 0.29) is 0 Å². The molecule has 5 heteroatoms. The van der Waals surface area contributed by atoms with E-state index in [1.54, 1.807) is 6.20 Å². The lowest BCUT2D eigenvalue weighted by molar-refractivity contribution is 0.920. The Morgan fingerprint density at radius 3 is 2.85 bits per heavy atom. The fourth-order valence-electron chi connectivity index (χ4n) is 1.18. The molecule has 0 aromatic carbocycles. The van der Waals surface area contributed by atoms with E-state index in [1.807, 2.05) is 17.7 Å². The lowest BCUT2D eigenvalue weighted by Gasteiger charge is -1.98. The summed E-state index contributed by atoms with van der Waals surface area (Å²) in [5.41, 5.74) is 0.860. The summed E-state index contributed by atoms with van der Waals surface area (Å²) in [7, 11) is 1.95. The molecule has 13 heavy (non-hydrogen) atoms. The molecule has 0 radical (unpaired) electrons. The molecule has 68 valence electrons. The van der Waals surface area contributed by atoms with Gasteiger partial charge in [0.05, 0.1) is 13.7 Å². The summed E-state index contributed by atoms with van der Waals surface area (Å²) in [6.07, 6.45) is 1.57. The largest absolute Gasteiger partial charge is 0.324 e. The second-order valence-corrected chi connectivity index (χ2v) is 4.57. The number of hydrogen-bond donors (Lipinski definition) is 0. The molecule has 0 saturated heterocycles. The maximum absolute atomic E-state index is 6.02. The normalized spacial score (nSPS) is 11.1. The Morgan fingerprint density at radius 2 is 2.15 bits per heavy atom. The molecule has 2 nitrogen and oxygen atoms in total. The van der Waals surface area contributed by atoms with E-state index in [0.717, 1.165) is 14.7 Å². The Morgan fingerprint density at radius 1 is 1.46 bits per heavy atom. The van der Waals surface area contributed by atoms with Gasteiger partial charge >= 0.3 is 0 Å².